The van der Waals surface area contributed by atoms with Crippen molar-refractivity contribution in [2.75, 3.05) is 13.2 Å². The molecule has 0 aromatic heterocycles. The van der Waals surface area contributed by atoms with E-state index in [0.717, 1.165) is 19.3 Å². The molecule has 4 rings (SSSR count). The summed E-state index contributed by atoms with van der Waals surface area (Å²) in [6, 6.07) is 0. The Kier molecular flexibility index (Phi) is 7.34. The van der Waals surface area contributed by atoms with Crippen molar-refractivity contribution in [1.82, 2.24) is 0 Å². The van der Waals surface area contributed by atoms with E-state index in [4.69, 9.17) is 0 Å². The van der Waals surface area contributed by atoms with Crippen molar-refractivity contribution in [2.45, 2.75) is 81.9 Å². The first-order valence-electron chi connectivity index (χ1n) is 11.1. The lowest BCUT2D eigenvalue weighted by molar-refractivity contribution is -0.363. The Morgan fingerprint density at radius 1 is 0.833 bits per heavy atom. The summed E-state index contributed by atoms with van der Waals surface area (Å²) < 4.78 is 145. The highest BCUT2D eigenvalue weighted by Crippen LogP contribution is 2.61. The number of hydrogen-bond acceptors (Lipinski definition) is 5. The van der Waals surface area contributed by atoms with Crippen LogP contribution in [0.25, 0.3) is 0 Å². The van der Waals surface area contributed by atoms with Gasteiger partial charge in [0, 0.05) is 13.3 Å². The largest absolute Gasteiger partial charge is 0.468 e. The van der Waals surface area contributed by atoms with Gasteiger partial charge in [0.2, 0.25) is 0 Å². The van der Waals surface area contributed by atoms with Crippen LogP contribution in [0.3, 0.4) is 0 Å². The van der Waals surface area contributed by atoms with Crippen LogP contribution in [0, 0.1) is 23.2 Å². The third-order valence-electron chi connectivity index (χ3n) is 7.08. The first-order valence-corrected chi connectivity index (χ1v) is 11.1. The molecule has 4 bridgehead atoms. The third-order valence-corrected chi connectivity index (χ3v) is 7.08. The summed E-state index contributed by atoms with van der Waals surface area (Å²) in [5, 5.41) is 0. The van der Waals surface area contributed by atoms with E-state index in [2.05, 4.69) is 14.2 Å². The summed E-state index contributed by atoms with van der Waals surface area (Å²) in [6.45, 7) is -4.68. The van der Waals surface area contributed by atoms with Crippen LogP contribution in [0.15, 0.2) is 0 Å². The first-order chi connectivity index (χ1) is 16.2. The molecule has 4 aliphatic rings. The average Bonchev–Trinajstić information content (AvgIpc) is 2.67. The van der Waals surface area contributed by atoms with Crippen molar-refractivity contribution in [2.24, 2.45) is 23.2 Å². The predicted molar refractivity (Wildman–Crippen MR) is 98.6 cm³/mol. The second-order valence-corrected chi connectivity index (χ2v) is 10.1. The fourth-order valence-corrected chi connectivity index (χ4v) is 5.77. The Morgan fingerprint density at radius 2 is 1.31 bits per heavy atom. The van der Waals surface area contributed by atoms with Gasteiger partial charge < -0.3 is 14.2 Å². The summed E-state index contributed by atoms with van der Waals surface area (Å²) in [4.78, 5) is 25.4. The standard InChI is InChI=1S/C21H24F10O5/c1-16(22,23)18(24,25)2-3-35-20(21(29,30)31,15(33)34-10-19(26,27)28)36-14(32)17-7-11-4-12(8-17)6-13(5-11)9-17/h11-13H,2-10H2,1H3. The van der Waals surface area contributed by atoms with Crippen molar-refractivity contribution >= 4 is 11.9 Å². The summed E-state index contributed by atoms with van der Waals surface area (Å²) in [5.41, 5.74) is -1.47. The van der Waals surface area contributed by atoms with Crippen molar-refractivity contribution in [3.8, 4) is 0 Å². The number of alkyl halides is 10. The van der Waals surface area contributed by atoms with Crippen LogP contribution < -0.4 is 0 Å². The number of ether oxygens (including phenoxy) is 3. The lowest BCUT2D eigenvalue weighted by atomic mass is 9.49. The Balaban J connectivity index is 1.90. The fraction of sp³-hybridized carbons (Fsp3) is 0.905. The smallest absolute Gasteiger partial charge is 0.451 e. The number of esters is 2. The van der Waals surface area contributed by atoms with Gasteiger partial charge in [-0.25, -0.2) is 13.6 Å². The van der Waals surface area contributed by atoms with Crippen LogP contribution >= 0.6 is 0 Å². The SMILES string of the molecule is CC(F)(F)C(F)(F)CCOC(OC(=O)C12CC3CC(CC(C3)C1)C2)(C(=O)OCC(F)(F)F)C(F)(F)F. The minimum atomic E-state index is -6.10. The lowest BCUT2D eigenvalue weighted by Crippen LogP contribution is -2.61. The molecule has 208 valence electrons. The second-order valence-electron chi connectivity index (χ2n) is 10.1. The fourth-order valence-electron chi connectivity index (χ4n) is 5.77. The second kappa shape index (κ2) is 9.19. The van der Waals surface area contributed by atoms with Gasteiger partial charge in [-0.3, -0.25) is 4.79 Å². The van der Waals surface area contributed by atoms with Crippen LogP contribution in [-0.2, 0) is 23.8 Å². The van der Waals surface area contributed by atoms with Gasteiger partial charge in [-0.05, 0) is 56.3 Å². The van der Waals surface area contributed by atoms with Crippen LogP contribution in [0.1, 0.15) is 51.9 Å². The number of carbonyl (C=O) groups excluding carboxylic acids is 2. The molecule has 0 spiro atoms. The number of rotatable bonds is 9. The monoisotopic (exact) mass is 546 g/mol. The van der Waals surface area contributed by atoms with Gasteiger partial charge in [-0.2, -0.15) is 35.1 Å². The van der Waals surface area contributed by atoms with E-state index in [1.54, 1.807) is 0 Å². The molecule has 0 aromatic carbocycles. The van der Waals surface area contributed by atoms with E-state index in [1.807, 2.05) is 0 Å². The Labute approximate surface area is 198 Å². The van der Waals surface area contributed by atoms with E-state index in [0.29, 0.717) is 0 Å². The molecule has 1 unspecified atom stereocenters. The van der Waals surface area contributed by atoms with Gasteiger partial charge in [0.1, 0.15) is 0 Å². The molecule has 15 heteroatoms. The molecule has 36 heavy (non-hydrogen) atoms. The molecule has 0 saturated heterocycles. The van der Waals surface area contributed by atoms with Gasteiger partial charge in [0.15, 0.2) is 6.61 Å². The predicted octanol–water partition coefficient (Wildman–Crippen LogP) is 5.81. The highest BCUT2D eigenvalue weighted by molar-refractivity contribution is 5.85. The van der Waals surface area contributed by atoms with Crippen molar-refractivity contribution in [1.29, 1.82) is 0 Å². The highest BCUT2D eigenvalue weighted by atomic mass is 19.4. The molecule has 5 nitrogen and oxygen atoms in total. The molecule has 0 radical (unpaired) electrons. The van der Waals surface area contributed by atoms with Crippen LogP contribution in [-0.4, -0.2) is 55.1 Å². The quantitative estimate of drug-likeness (QED) is 0.208. The van der Waals surface area contributed by atoms with E-state index in [-0.39, 0.29) is 43.9 Å². The Bertz CT molecular complexity index is 812. The average molecular weight is 546 g/mol. The van der Waals surface area contributed by atoms with Gasteiger partial charge in [0.05, 0.1) is 12.0 Å². The lowest BCUT2D eigenvalue weighted by Gasteiger charge is -2.55. The minimum Gasteiger partial charge on any atom is -0.451 e. The van der Waals surface area contributed by atoms with Crippen LogP contribution in [0.4, 0.5) is 43.9 Å². The summed E-state index contributed by atoms with van der Waals surface area (Å²) in [6.07, 6.45) is -10.9. The normalized spacial score (nSPS) is 30.1. The van der Waals surface area contributed by atoms with Gasteiger partial charge in [0.25, 0.3) is 0 Å². The van der Waals surface area contributed by atoms with Crippen LogP contribution in [0.2, 0.25) is 0 Å². The zero-order valence-corrected chi connectivity index (χ0v) is 18.9. The Hall–Kier alpha value is -1.80. The van der Waals surface area contributed by atoms with E-state index in [1.165, 1.54) is 0 Å². The van der Waals surface area contributed by atoms with E-state index in [9.17, 15) is 53.5 Å². The summed E-state index contributed by atoms with van der Waals surface area (Å²) >= 11 is 0. The molecule has 0 heterocycles. The minimum absolute atomic E-state index is 0.00679. The first kappa shape index (κ1) is 28.8. The molecule has 4 fully saturated rings. The molecule has 0 aromatic rings. The molecule has 4 aliphatic carbocycles. The Morgan fingerprint density at radius 3 is 1.69 bits per heavy atom. The molecule has 4 saturated carbocycles. The molecular weight excluding hydrogens is 522 g/mol. The highest BCUT2D eigenvalue weighted by Gasteiger charge is 2.70. The van der Waals surface area contributed by atoms with Crippen molar-refractivity contribution < 1.29 is 67.7 Å². The maximum atomic E-state index is 14.1. The molecule has 0 amide bonds. The van der Waals surface area contributed by atoms with Gasteiger partial charge >= 0.3 is 41.9 Å². The molecule has 0 aliphatic heterocycles. The number of carbonyl (C=O) groups is 2. The van der Waals surface area contributed by atoms with E-state index >= 15 is 0 Å². The van der Waals surface area contributed by atoms with Crippen LogP contribution in [0.5, 0.6) is 0 Å². The number of hydrogen-bond donors (Lipinski definition) is 0. The zero-order valence-electron chi connectivity index (χ0n) is 18.9. The summed E-state index contributed by atoms with van der Waals surface area (Å²) in [7, 11) is 0. The topological polar surface area (TPSA) is 61.8 Å². The molecular formula is C21H24F10O5. The number of halogens is 10. The summed E-state index contributed by atoms with van der Waals surface area (Å²) in [5.74, 6) is -19.0. The van der Waals surface area contributed by atoms with Crippen molar-refractivity contribution in [3.05, 3.63) is 0 Å². The maximum absolute atomic E-state index is 14.1. The maximum Gasteiger partial charge on any atom is 0.468 e. The third kappa shape index (κ3) is 5.69. The molecule has 1 atom stereocenters. The van der Waals surface area contributed by atoms with Gasteiger partial charge in [-0.1, -0.05) is 0 Å². The zero-order chi connectivity index (χ0) is 27.4. The van der Waals surface area contributed by atoms with Crippen molar-refractivity contribution in [3.63, 3.8) is 0 Å². The molecule has 0 N–H and O–H groups in total. The van der Waals surface area contributed by atoms with Gasteiger partial charge in [-0.15, -0.1) is 0 Å². The van der Waals surface area contributed by atoms with E-state index < -0.39 is 67.0 Å².